The van der Waals surface area contributed by atoms with Crippen LogP contribution in [0.3, 0.4) is 0 Å². The topological polar surface area (TPSA) is 0 Å². The summed E-state index contributed by atoms with van der Waals surface area (Å²) in [7, 11) is -0.294. The zero-order valence-electron chi connectivity index (χ0n) is 16.0. The first kappa shape index (κ1) is 18.9. The predicted octanol–water partition coefficient (Wildman–Crippen LogP) is 5.87. The molecule has 0 aliphatic carbocycles. The highest BCUT2D eigenvalue weighted by atomic mass is 31.1. The molecule has 0 aromatic heterocycles. The van der Waals surface area contributed by atoms with E-state index in [2.05, 4.69) is 97.9 Å². The Morgan fingerprint density at radius 3 is 1.89 bits per heavy atom. The summed E-state index contributed by atoms with van der Waals surface area (Å²) in [6.45, 7) is 2.50. The number of hydrogen-bond donors (Lipinski definition) is 0. The average molecular weight is 390 g/mol. The summed E-state index contributed by atoms with van der Waals surface area (Å²) in [5.41, 5.74) is 1.59. The Morgan fingerprint density at radius 2 is 1.33 bits per heavy atom. The van der Waals surface area contributed by atoms with Crippen LogP contribution in [-0.2, 0) is 0 Å². The molecule has 3 atom stereocenters. The first-order valence-electron chi connectivity index (χ1n) is 10.0. The van der Waals surface area contributed by atoms with Crippen molar-refractivity contribution in [2.75, 3.05) is 6.16 Å². The largest absolute Gasteiger partial charge is 0.0721 e. The number of hydrogen-bond acceptors (Lipinski definition) is 0. The lowest BCUT2D eigenvalue weighted by atomic mass is 10.2. The van der Waals surface area contributed by atoms with Gasteiger partial charge in [0.25, 0.3) is 0 Å². The Kier molecular flexibility index (Phi) is 6.39. The van der Waals surface area contributed by atoms with Crippen molar-refractivity contribution in [3.63, 3.8) is 0 Å². The zero-order valence-corrected chi connectivity index (χ0v) is 17.8. The molecule has 27 heavy (non-hydrogen) atoms. The predicted molar refractivity (Wildman–Crippen MR) is 124 cm³/mol. The van der Waals surface area contributed by atoms with Gasteiger partial charge in [-0.05, 0) is 60.6 Å². The van der Waals surface area contributed by atoms with Crippen molar-refractivity contribution >= 4 is 31.8 Å². The Morgan fingerprint density at radius 1 is 0.815 bits per heavy atom. The van der Waals surface area contributed by atoms with Crippen molar-refractivity contribution in [3.8, 4) is 0 Å². The van der Waals surface area contributed by atoms with E-state index in [1.54, 1.807) is 5.30 Å². The van der Waals surface area contributed by atoms with Crippen molar-refractivity contribution in [2.45, 2.75) is 37.5 Å². The van der Waals surface area contributed by atoms with Gasteiger partial charge in [0.15, 0.2) is 0 Å². The van der Waals surface area contributed by atoms with Crippen LogP contribution in [0.5, 0.6) is 0 Å². The van der Waals surface area contributed by atoms with E-state index in [1.807, 2.05) is 0 Å². The van der Waals surface area contributed by atoms with Crippen molar-refractivity contribution in [2.24, 2.45) is 0 Å². The minimum absolute atomic E-state index is 0.0116. The maximum atomic E-state index is 2.50. The molecular weight excluding hydrogens is 362 g/mol. The summed E-state index contributed by atoms with van der Waals surface area (Å²) in [4.78, 5) is 0. The fraction of sp³-hybridized carbons (Fsp3) is 0.280. The Hall–Kier alpha value is -1.48. The maximum Gasteiger partial charge on any atom is -0.0151 e. The number of benzene rings is 3. The summed E-state index contributed by atoms with van der Waals surface area (Å²) >= 11 is 0. The van der Waals surface area contributed by atoms with Crippen LogP contribution >= 0.6 is 15.8 Å². The van der Waals surface area contributed by atoms with E-state index in [0.29, 0.717) is 5.66 Å². The summed E-state index contributed by atoms with van der Waals surface area (Å²) in [5.74, 6) is 0. The van der Waals surface area contributed by atoms with Crippen LogP contribution < -0.4 is 15.9 Å². The first-order valence-corrected chi connectivity index (χ1v) is 13.0. The zero-order chi connectivity index (χ0) is 18.5. The third-order valence-electron chi connectivity index (χ3n) is 5.59. The van der Waals surface area contributed by atoms with Crippen LogP contribution in [0.4, 0.5) is 0 Å². The summed E-state index contributed by atoms with van der Waals surface area (Å²) in [5, 5.41) is 4.66. The molecule has 1 aliphatic heterocycles. The quantitative estimate of drug-likeness (QED) is 0.462. The van der Waals surface area contributed by atoms with Gasteiger partial charge in [0.1, 0.15) is 0 Å². The maximum absolute atomic E-state index is 2.50. The van der Waals surface area contributed by atoms with E-state index < -0.39 is 0 Å². The normalized spacial score (nSPS) is 20.7. The van der Waals surface area contributed by atoms with Gasteiger partial charge in [-0.25, -0.2) is 0 Å². The number of rotatable bonds is 6. The molecule has 0 spiro atoms. The van der Waals surface area contributed by atoms with Gasteiger partial charge in [-0.1, -0.05) is 106 Å². The minimum atomic E-state index is -0.306. The molecule has 0 N–H and O–H groups in total. The molecule has 1 saturated heterocycles. The lowest BCUT2D eigenvalue weighted by Gasteiger charge is -2.30. The molecule has 1 unspecified atom stereocenters. The van der Waals surface area contributed by atoms with Crippen LogP contribution in [0.2, 0.25) is 0 Å². The Labute approximate surface area is 166 Å². The smallest absolute Gasteiger partial charge is 0.0151 e. The van der Waals surface area contributed by atoms with Crippen molar-refractivity contribution in [1.29, 1.82) is 0 Å². The molecule has 4 rings (SSSR count). The monoisotopic (exact) mass is 390 g/mol. The van der Waals surface area contributed by atoms with Gasteiger partial charge in [-0.3, -0.25) is 0 Å². The van der Waals surface area contributed by atoms with Crippen molar-refractivity contribution < 1.29 is 0 Å². The van der Waals surface area contributed by atoms with Gasteiger partial charge in [0.2, 0.25) is 0 Å². The highest BCUT2D eigenvalue weighted by molar-refractivity contribution is 7.73. The third-order valence-corrected chi connectivity index (χ3v) is 11.5. The van der Waals surface area contributed by atoms with Crippen LogP contribution in [-0.4, -0.2) is 17.5 Å². The fourth-order valence-electron chi connectivity index (χ4n) is 4.37. The van der Waals surface area contributed by atoms with E-state index in [9.17, 15) is 0 Å². The molecule has 2 heteroatoms. The highest BCUT2D eigenvalue weighted by Crippen LogP contribution is 2.53. The lowest BCUT2D eigenvalue weighted by molar-refractivity contribution is 0.706. The van der Waals surface area contributed by atoms with E-state index in [4.69, 9.17) is 0 Å². The Balaban J connectivity index is 1.58. The van der Waals surface area contributed by atoms with Crippen LogP contribution in [0.25, 0.3) is 0 Å². The second-order valence-electron chi connectivity index (χ2n) is 7.45. The molecule has 3 aromatic carbocycles. The minimum Gasteiger partial charge on any atom is -0.0721 e. The summed E-state index contributed by atoms with van der Waals surface area (Å²) in [6, 6.07) is 33.8. The van der Waals surface area contributed by atoms with Crippen LogP contribution in [0.1, 0.15) is 26.2 Å². The van der Waals surface area contributed by atoms with Crippen LogP contribution in [0.15, 0.2) is 91.0 Å². The highest BCUT2D eigenvalue weighted by Gasteiger charge is 2.32. The van der Waals surface area contributed by atoms with Gasteiger partial charge >= 0.3 is 0 Å². The summed E-state index contributed by atoms with van der Waals surface area (Å²) < 4.78 is 0. The van der Waals surface area contributed by atoms with Gasteiger partial charge < -0.3 is 0 Å². The van der Waals surface area contributed by atoms with E-state index in [1.165, 1.54) is 36.0 Å². The third kappa shape index (κ3) is 4.51. The molecule has 3 aromatic rings. The SMILES string of the molecule is C[C@@H](C[C@H]1CCCP1c1ccccc1)P(c1ccccc1)c1ccccc1. The Bertz CT molecular complexity index is 777. The molecule has 1 fully saturated rings. The van der Waals surface area contributed by atoms with Gasteiger partial charge in [0, 0.05) is 0 Å². The standard InChI is InChI=1S/C25H28P2/c1-21(20-25-18-11-19-26(25)22-12-5-2-6-13-22)27(23-14-7-3-8-15-23)24-16-9-4-10-17-24/h2-10,12-17,21,25H,11,18-20H2,1H3/t21-,25+,26?/m0/s1. The van der Waals surface area contributed by atoms with Gasteiger partial charge in [-0.15, -0.1) is 0 Å². The molecule has 138 valence electrons. The average Bonchev–Trinajstić information content (AvgIpc) is 3.18. The molecule has 1 heterocycles. The van der Waals surface area contributed by atoms with E-state index in [-0.39, 0.29) is 15.8 Å². The van der Waals surface area contributed by atoms with Crippen LogP contribution in [0, 0.1) is 0 Å². The van der Waals surface area contributed by atoms with E-state index in [0.717, 1.165) is 5.66 Å². The van der Waals surface area contributed by atoms with E-state index >= 15 is 0 Å². The molecule has 1 aliphatic rings. The second-order valence-corrected chi connectivity index (χ2v) is 12.7. The molecular formula is C25H28P2. The second kappa shape index (κ2) is 9.14. The van der Waals surface area contributed by atoms with Gasteiger partial charge in [0.05, 0.1) is 0 Å². The van der Waals surface area contributed by atoms with Crippen molar-refractivity contribution in [1.82, 2.24) is 0 Å². The first-order chi connectivity index (χ1) is 13.3. The van der Waals surface area contributed by atoms with Crippen molar-refractivity contribution in [3.05, 3.63) is 91.0 Å². The molecule has 0 radical (unpaired) electrons. The molecule has 0 bridgehead atoms. The molecule has 0 saturated carbocycles. The van der Waals surface area contributed by atoms with Gasteiger partial charge in [-0.2, -0.15) is 0 Å². The molecule has 0 nitrogen and oxygen atoms in total. The fourth-order valence-corrected chi connectivity index (χ4v) is 10.5. The summed E-state index contributed by atoms with van der Waals surface area (Å²) in [6.07, 6.45) is 5.60. The molecule has 0 amide bonds. The lowest BCUT2D eigenvalue weighted by Crippen LogP contribution is -2.23.